The predicted octanol–water partition coefficient (Wildman–Crippen LogP) is -3.33. The number of amides is 16. The first-order valence-corrected chi connectivity index (χ1v) is 44.4. The van der Waals surface area contributed by atoms with Crippen LogP contribution in [0, 0.1) is 23.2 Å². The fourth-order valence-corrected chi connectivity index (χ4v) is 14.7. The van der Waals surface area contributed by atoms with E-state index in [1.54, 1.807) is 71.9 Å². The highest BCUT2D eigenvalue weighted by Gasteiger charge is 2.39. The number of aromatic hydroxyl groups is 3. The van der Waals surface area contributed by atoms with Crippen molar-refractivity contribution in [2.75, 3.05) is 37.7 Å². The number of carbonyl (C=O) groups is 17. The fraction of sp³-hybridized carbons (Fsp3) is 0.455. The van der Waals surface area contributed by atoms with E-state index >= 15 is 33.6 Å². The first-order chi connectivity index (χ1) is 63.3. The number of benzene rings is 4. The molecule has 0 unspecified atom stereocenters. The summed E-state index contributed by atoms with van der Waals surface area (Å²) in [6.45, 7) is 7.58. The molecule has 718 valence electrons. The summed E-state index contributed by atoms with van der Waals surface area (Å²) in [7, 11) is 0. The molecule has 0 saturated carbocycles. The molecule has 27 N–H and O–H groups in total. The number of nitrogens with one attached hydrogen (secondary N) is 19. The summed E-state index contributed by atoms with van der Waals surface area (Å²) in [6, 6.07) is 5.74. The molecule has 0 bridgehead atoms. The van der Waals surface area contributed by atoms with E-state index in [0.29, 0.717) is 22.3 Å². The Bertz CT molecular complexity index is 4960. The Morgan fingerprint density at radius 1 is 0.444 bits per heavy atom. The number of carbonyl (C=O) groups excluding carboxylic acids is 16. The van der Waals surface area contributed by atoms with Gasteiger partial charge in [0.1, 0.15) is 89.8 Å². The van der Waals surface area contributed by atoms with Gasteiger partial charge in [-0.3, -0.25) is 86.9 Å². The lowest BCUT2D eigenvalue weighted by Crippen LogP contribution is -2.62. The van der Waals surface area contributed by atoms with Crippen LogP contribution in [0.4, 0.5) is 0 Å². The number of H-pyrrole nitrogens is 2. The standard InChI is InChI=1S/C88H119N23O21S/c1-7-49(6)75-87(132)110-62(31-48(4)5)81(126)105-63(33-51-15-21-56(112)22-16-51)77(122)97-41-71(116)100-60(27-28-74(119)120)79(124)104-61(30-47(2)3)76(121)96-42-72(117)102-69(78(123)95-40-70(89)115)43-133-44-73(118)101-64(34-52-17-23-57(113)24-18-52)82(127)108-68(37-55-39-93-46-99-55)86(131)109-67(36-54-38-92-45-98-54)85(130)107-65(32-50-12-9-8-10-13-50)84(129)106-66(35-53-19-25-58(114)26-20-53)83(128)103-59(80(125)111-75)14-11-29-94-88(90)91/h8-10,12-13,15-26,38-39,45-49,59-69,75,112-114H,7,11,14,27-37,40-44H2,1-6H3,(H2,89,115)(H,92,98)(H,93,99)(H,95,123)(H,96,121)(H,97,122)(H,100,116)(H,101,118)(H,102,117)(H,103,128)(H,104,124)(H,105,126)(H,106,129)(H,107,130)(H,108,127)(H,109,131)(H,110,132)(H,111,125)(H,119,120)(H4,90,91,94)/t49-,59-,60-,61-,62-,63-,64-,65-,66-,67-,68-,69-,75-/m0/s1. The number of aromatic nitrogens is 4. The third-order valence-electron chi connectivity index (χ3n) is 21.0. The zero-order chi connectivity index (χ0) is 97.4. The zero-order valence-corrected chi connectivity index (χ0v) is 75.2. The minimum atomic E-state index is -1.72. The highest BCUT2D eigenvalue weighted by Crippen LogP contribution is 2.20. The molecule has 1 aliphatic heterocycles. The molecule has 1 saturated heterocycles. The van der Waals surface area contributed by atoms with Crippen LogP contribution in [0.3, 0.4) is 0 Å². The molecule has 133 heavy (non-hydrogen) atoms. The van der Waals surface area contributed by atoms with E-state index in [1.807, 2.05) is 0 Å². The molecule has 45 heteroatoms. The van der Waals surface area contributed by atoms with Crippen LogP contribution in [-0.4, -0.2) is 257 Å². The number of guanidine groups is 1. The Hall–Kier alpha value is -14.7. The highest BCUT2D eigenvalue weighted by atomic mass is 32.2. The van der Waals surface area contributed by atoms with Crippen LogP contribution in [0.25, 0.3) is 0 Å². The molecule has 16 amide bonds. The second-order valence-electron chi connectivity index (χ2n) is 32.9. The van der Waals surface area contributed by atoms with Crippen molar-refractivity contribution < 1.29 is 102 Å². The van der Waals surface area contributed by atoms with Crippen LogP contribution < -0.4 is 96.5 Å². The van der Waals surface area contributed by atoms with Gasteiger partial charge < -0.3 is 127 Å². The third-order valence-corrected chi connectivity index (χ3v) is 22.0. The van der Waals surface area contributed by atoms with Crippen molar-refractivity contribution in [3.05, 3.63) is 162 Å². The van der Waals surface area contributed by atoms with E-state index in [-0.39, 0.29) is 118 Å². The summed E-state index contributed by atoms with van der Waals surface area (Å²) < 4.78 is 0. The summed E-state index contributed by atoms with van der Waals surface area (Å²) in [6.07, 6.45) is 1.89. The van der Waals surface area contributed by atoms with Crippen LogP contribution in [0.15, 0.2) is 128 Å². The number of phenolic OH excluding ortho intramolecular Hbond substituents is 3. The van der Waals surface area contributed by atoms with Crippen LogP contribution in [0.2, 0.25) is 0 Å². The Morgan fingerprint density at radius 2 is 0.812 bits per heavy atom. The van der Waals surface area contributed by atoms with E-state index < -0.39 is 229 Å². The monoisotopic (exact) mass is 1870 g/mol. The van der Waals surface area contributed by atoms with Gasteiger partial charge >= 0.3 is 5.97 Å². The minimum Gasteiger partial charge on any atom is -0.508 e. The first-order valence-electron chi connectivity index (χ1n) is 43.2. The van der Waals surface area contributed by atoms with Crippen LogP contribution in [0.5, 0.6) is 17.2 Å². The number of thioether (sulfide) groups is 1. The Labute approximate surface area is 770 Å². The number of nitrogens with zero attached hydrogens (tertiary/aromatic N) is 2. The summed E-state index contributed by atoms with van der Waals surface area (Å²) in [5.41, 5.74) is 13.0. The number of primary amides is 1. The lowest BCUT2D eigenvalue weighted by atomic mass is 9.95. The van der Waals surface area contributed by atoms with E-state index in [1.165, 1.54) is 97.8 Å². The van der Waals surface area contributed by atoms with E-state index in [4.69, 9.17) is 16.9 Å². The molecular weight excluding hydrogens is 1750 g/mol. The van der Waals surface area contributed by atoms with Crippen LogP contribution >= 0.6 is 11.8 Å². The van der Waals surface area contributed by atoms with E-state index in [2.05, 4.69) is 105 Å². The van der Waals surface area contributed by atoms with Gasteiger partial charge in [0.25, 0.3) is 0 Å². The van der Waals surface area contributed by atoms with Crippen molar-refractivity contribution in [3.8, 4) is 17.2 Å². The maximum absolute atomic E-state index is 15.5. The number of aliphatic carboxylic acids is 1. The maximum atomic E-state index is 15.5. The van der Waals surface area contributed by atoms with Crippen molar-refractivity contribution in [1.29, 1.82) is 5.41 Å². The van der Waals surface area contributed by atoms with Gasteiger partial charge in [-0.2, -0.15) is 0 Å². The summed E-state index contributed by atoms with van der Waals surface area (Å²) in [5.74, 6) is -20.7. The van der Waals surface area contributed by atoms with Gasteiger partial charge in [0.15, 0.2) is 5.96 Å². The predicted molar refractivity (Wildman–Crippen MR) is 483 cm³/mol. The van der Waals surface area contributed by atoms with Gasteiger partial charge in [0.05, 0.1) is 49.4 Å². The molecule has 7 rings (SSSR count). The summed E-state index contributed by atoms with van der Waals surface area (Å²) >= 11 is 0.737. The average Bonchev–Trinajstić information content (AvgIpc) is 1.00. The van der Waals surface area contributed by atoms with Gasteiger partial charge in [-0.1, -0.05) is 115 Å². The van der Waals surface area contributed by atoms with E-state index in [0.717, 1.165) is 11.8 Å². The third kappa shape index (κ3) is 37.4. The number of rotatable bonds is 28. The maximum Gasteiger partial charge on any atom is 0.303 e. The SMILES string of the molecule is CC[C@H](C)[C@@H]1NC(=O)[C@H](CCCNC(=N)N)NC(=O)[C@H](Cc2ccc(O)cc2)NC(=O)[C@H](Cc2ccccc2)NC(=O)[C@H](Cc2c[nH]cn2)NC(=O)[C@H](Cc2c[nH]cn2)NC(=O)[C@H](Cc2ccc(O)cc2)NC(=O)CSC[C@@H](C(=O)NCC(N)=O)NC(=O)CNC(=O)[C@H](CC(C)C)NC(=O)[C@H](CCC(=O)O)NC(=O)CNC(=O)[C@H](Cc2ccc(O)cc2)NC(=O)[C@H](CC(C)C)NC1=O. The number of imidazole rings is 2. The van der Waals surface area contributed by atoms with Crippen molar-refractivity contribution in [3.63, 3.8) is 0 Å². The molecule has 13 atom stereocenters. The van der Waals surface area contributed by atoms with Gasteiger partial charge in [-0.25, -0.2) is 9.97 Å². The molecule has 1 aliphatic rings. The molecule has 0 spiro atoms. The second-order valence-corrected chi connectivity index (χ2v) is 33.9. The molecule has 3 heterocycles. The zero-order valence-electron chi connectivity index (χ0n) is 74.4. The molecule has 2 aromatic heterocycles. The van der Waals surface area contributed by atoms with Crippen molar-refractivity contribution in [2.24, 2.45) is 29.2 Å². The minimum absolute atomic E-state index is 0.0206. The topological polar surface area (TPSA) is 697 Å². The number of carboxylic acid groups (broad SMARTS) is 1. The average molecular weight is 1870 g/mol. The number of carboxylic acids is 1. The van der Waals surface area contributed by atoms with Crippen LogP contribution in [0.1, 0.15) is 120 Å². The molecule has 0 aliphatic carbocycles. The smallest absolute Gasteiger partial charge is 0.303 e. The second kappa shape index (κ2) is 53.5. The molecule has 6 aromatic rings. The first kappa shape index (κ1) is 105. The largest absolute Gasteiger partial charge is 0.508 e. The number of hydrogen-bond donors (Lipinski definition) is 25. The molecule has 0 radical (unpaired) electrons. The quantitative estimate of drug-likeness (QED) is 0.0130. The van der Waals surface area contributed by atoms with Gasteiger partial charge in [0, 0.05) is 69.6 Å². The molecular formula is C88H119N23O21S. The Morgan fingerprint density at radius 3 is 1.24 bits per heavy atom. The lowest BCUT2D eigenvalue weighted by Gasteiger charge is -2.30. The van der Waals surface area contributed by atoms with Crippen molar-refractivity contribution >= 4 is 118 Å². The number of aromatic amines is 2. The number of phenols is 3. The lowest BCUT2D eigenvalue weighted by molar-refractivity contribution is -0.138. The van der Waals surface area contributed by atoms with E-state index in [9.17, 15) is 68.4 Å². The Balaban J connectivity index is 1.31. The highest BCUT2D eigenvalue weighted by molar-refractivity contribution is 8.00. The number of hydrogen-bond acceptors (Lipinski definition) is 24. The molecule has 44 nitrogen and oxygen atoms in total. The molecule has 1 fully saturated rings. The summed E-state index contributed by atoms with van der Waals surface area (Å²) in [5, 5.41) is 89.9. The van der Waals surface area contributed by atoms with Gasteiger partial charge in [0.2, 0.25) is 94.5 Å². The fourth-order valence-electron chi connectivity index (χ4n) is 13.9. The van der Waals surface area contributed by atoms with Crippen molar-refractivity contribution in [2.45, 2.75) is 198 Å². The molecule has 4 aromatic carbocycles. The van der Waals surface area contributed by atoms with Gasteiger partial charge in [-0.15, -0.1) is 11.8 Å². The van der Waals surface area contributed by atoms with Crippen LogP contribution in [-0.2, 0) is 120 Å². The summed E-state index contributed by atoms with van der Waals surface area (Å²) in [4.78, 5) is 258. The van der Waals surface area contributed by atoms with Gasteiger partial charge in [-0.05, 0) is 109 Å². The number of nitrogens with two attached hydrogens (primary N) is 2. The normalized spacial score (nSPS) is 22.2. The van der Waals surface area contributed by atoms with Crippen molar-refractivity contribution in [1.82, 2.24) is 105 Å². The Kier molecular flexibility index (Phi) is 42.3.